The van der Waals surface area contributed by atoms with Gasteiger partial charge in [-0.15, -0.1) is 0 Å². The lowest BCUT2D eigenvalue weighted by Gasteiger charge is -2.19. The third-order valence-electron chi connectivity index (χ3n) is 5.31. The molecule has 0 saturated carbocycles. The summed E-state index contributed by atoms with van der Waals surface area (Å²) in [7, 11) is 1.73. The van der Waals surface area contributed by atoms with Crippen molar-refractivity contribution in [3.63, 3.8) is 0 Å². The van der Waals surface area contributed by atoms with Gasteiger partial charge in [-0.25, -0.2) is 0 Å². The number of amidine groups is 1. The fourth-order valence-corrected chi connectivity index (χ4v) is 3.96. The molecule has 4 rings (SSSR count). The Hall–Kier alpha value is -3.32. The molecule has 140 valence electrons. The molecule has 0 amide bonds. The zero-order valence-corrected chi connectivity index (χ0v) is 16.1. The summed E-state index contributed by atoms with van der Waals surface area (Å²) in [5.41, 5.74) is 3.62. The van der Waals surface area contributed by atoms with E-state index >= 15 is 0 Å². The Bertz CT molecular complexity index is 1060. The van der Waals surface area contributed by atoms with Crippen LogP contribution in [0.4, 0.5) is 0 Å². The number of hydrogen-bond acceptors (Lipinski definition) is 4. The van der Waals surface area contributed by atoms with Crippen molar-refractivity contribution in [1.82, 2.24) is 4.90 Å². The molecular formula is C24H23N3O. The number of benzene rings is 3. The summed E-state index contributed by atoms with van der Waals surface area (Å²) in [5, 5.41) is 11.6. The van der Waals surface area contributed by atoms with Crippen LogP contribution in [0.1, 0.15) is 16.7 Å². The Morgan fingerprint density at radius 3 is 2.71 bits per heavy atom. The first-order chi connectivity index (χ1) is 13.8. The molecule has 4 heteroatoms. The molecule has 0 radical (unpaired) electrons. The summed E-state index contributed by atoms with van der Waals surface area (Å²) >= 11 is 0. The Morgan fingerprint density at radius 1 is 1.04 bits per heavy atom. The highest BCUT2D eigenvalue weighted by molar-refractivity contribution is 6.01. The molecular weight excluding hydrogens is 346 g/mol. The predicted octanol–water partition coefficient (Wildman–Crippen LogP) is 4.22. The van der Waals surface area contributed by atoms with E-state index in [-0.39, 0.29) is 0 Å². The zero-order valence-electron chi connectivity index (χ0n) is 16.1. The standard InChI is InChI=1S/C24H23N3O/c1-28-23-13-11-18-6-2-4-8-20(18)22(23)12-10-19-7-3-5-9-21(19)24-26-15-17-27(24)16-14-25/h2-9,11,13H,10,12,15-17H2,1H3. The van der Waals surface area contributed by atoms with Gasteiger partial charge in [-0.1, -0.05) is 54.6 Å². The molecule has 0 aliphatic carbocycles. The number of aliphatic imine (C=N–C) groups is 1. The SMILES string of the molecule is COc1ccc2ccccc2c1CCc1ccccc1C1=NCCN1CC#N. The number of nitrogens with zero attached hydrogens (tertiary/aromatic N) is 3. The predicted molar refractivity (Wildman–Crippen MR) is 113 cm³/mol. The molecule has 0 spiro atoms. The molecule has 0 fully saturated rings. The van der Waals surface area contributed by atoms with Gasteiger partial charge < -0.3 is 9.64 Å². The van der Waals surface area contributed by atoms with Crippen LogP contribution in [0.3, 0.4) is 0 Å². The molecule has 0 bridgehead atoms. The van der Waals surface area contributed by atoms with E-state index in [1.54, 1.807) is 7.11 Å². The van der Waals surface area contributed by atoms with Gasteiger partial charge in [-0.2, -0.15) is 5.26 Å². The molecule has 0 unspecified atom stereocenters. The minimum atomic E-state index is 0.379. The van der Waals surface area contributed by atoms with Crippen molar-refractivity contribution in [3.8, 4) is 11.8 Å². The van der Waals surface area contributed by atoms with Gasteiger partial charge in [0, 0.05) is 17.7 Å². The molecule has 4 nitrogen and oxygen atoms in total. The number of aryl methyl sites for hydroxylation is 2. The third kappa shape index (κ3) is 3.44. The van der Waals surface area contributed by atoms with Crippen LogP contribution < -0.4 is 4.74 Å². The average Bonchev–Trinajstić information content (AvgIpc) is 3.20. The van der Waals surface area contributed by atoms with Crippen LogP contribution in [-0.4, -0.2) is 37.5 Å². The first-order valence-electron chi connectivity index (χ1n) is 9.61. The summed E-state index contributed by atoms with van der Waals surface area (Å²) in [6.45, 7) is 1.95. The molecule has 3 aromatic rings. The lowest BCUT2D eigenvalue weighted by molar-refractivity contribution is 0.410. The Labute approximate surface area is 165 Å². The van der Waals surface area contributed by atoms with Crippen molar-refractivity contribution in [2.24, 2.45) is 4.99 Å². The highest BCUT2D eigenvalue weighted by Gasteiger charge is 2.20. The quantitative estimate of drug-likeness (QED) is 0.611. The van der Waals surface area contributed by atoms with Crippen LogP contribution >= 0.6 is 0 Å². The normalized spacial score (nSPS) is 13.4. The molecule has 0 saturated heterocycles. The van der Waals surface area contributed by atoms with Crippen molar-refractivity contribution in [1.29, 1.82) is 5.26 Å². The highest BCUT2D eigenvalue weighted by atomic mass is 16.5. The molecule has 0 atom stereocenters. The van der Waals surface area contributed by atoms with E-state index in [1.807, 2.05) is 6.07 Å². The summed E-state index contributed by atoms with van der Waals surface area (Å²) < 4.78 is 5.65. The molecule has 0 aromatic heterocycles. The lowest BCUT2D eigenvalue weighted by atomic mass is 9.95. The van der Waals surface area contributed by atoms with E-state index in [4.69, 9.17) is 10.00 Å². The van der Waals surface area contributed by atoms with Crippen molar-refractivity contribution in [3.05, 3.63) is 77.4 Å². The first-order valence-corrected chi connectivity index (χ1v) is 9.61. The van der Waals surface area contributed by atoms with E-state index in [0.717, 1.165) is 43.1 Å². The van der Waals surface area contributed by atoms with E-state index in [2.05, 4.69) is 70.6 Å². The Morgan fingerprint density at radius 2 is 1.86 bits per heavy atom. The molecule has 0 N–H and O–H groups in total. The van der Waals surface area contributed by atoms with E-state index in [0.29, 0.717) is 6.54 Å². The van der Waals surface area contributed by atoms with Gasteiger partial charge in [0.2, 0.25) is 0 Å². The summed E-state index contributed by atoms with van der Waals surface area (Å²) in [4.78, 5) is 6.74. The molecule has 3 aromatic carbocycles. The average molecular weight is 369 g/mol. The number of nitriles is 1. The minimum absolute atomic E-state index is 0.379. The highest BCUT2D eigenvalue weighted by Crippen LogP contribution is 2.29. The van der Waals surface area contributed by atoms with Gasteiger partial charge in [0.05, 0.1) is 19.7 Å². The summed E-state index contributed by atoms with van der Waals surface area (Å²) in [6.07, 6.45) is 1.77. The molecule has 28 heavy (non-hydrogen) atoms. The van der Waals surface area contributed by atoms with Gasteiger partial charge in [0.1, 0.15) is 18.1 Å². The number of ether oxygens (including phenoxy) is 1. The van der Waals surface area contributed by atoms with Gasteiger partial charge >= 0.3 is 0 Å². The van der Waals surface area contributed by atoms with Crippen LogP contribution in [0.15, 0.2) is 65.7 Å². The molecule has 1 aliphatic heterocycles. The number of hydrogen-bond donors (Lipinski definition) is 0. The van der Waals surface area contributed by atoms with Crippen molar-refractivity contribution < 1.29 is 4.74 Å². The Kier molecular flexibility index (Phi) is 5.25. The summed E-state index contributed by atoms with van der Waals surface area (Å²) in [6, 6.07) is 23.3. The third-order valence-corrected chi connectivity index (χ3v) is 5.31. The van der Waals surface area contributed by atoms with E-state index < -0.39 is 0 Å². The zero-order chi connectivity index (χ0) is 19.3. The summed E-state index contributed by atoms with van der Waals surface area (Å²) in [5.74, 6) is 1.88. The maximum Gasteiger partial charge on any atom is 0.132 e. The van der Waals surface area contributed by atoms with Crippen molar-refractivity contribution in [2.45, 2.75) is 12.8 Å². The van der Waals surface area contributed by atoms with Crippen LogP contribution in [0.2, 0.25) is 0 Å². The second kappa shape index (κ2) is 8.14. The minimum Gasteiger partial charge on any atom is -0.496 e. The van der Waals surface area contributed by atoms with E-state index in [1.165, 1.54) is 21.9 Å². The van der Waals surface area contributed by atoms with Crippen LogP contribution in [0.5, 0.6) is 5.75 Å². The van der Waals surface area contributed by atoms with Gasteiger partial charge in [0.25, 0.3) is 0 Å². The maximum atomic E-state index is 9.11. The van der Waals surface area contributed by atoms with Crippen molar-refractivity contribution in [2.75, 3.05) is 26.7 Å². The molecule has 1 aliphatic rings. The fourth-order valence-electron chi connectivity index (χ4n) is 3.96. The first kappa shape index (κ1) is 18.1. The largest absolute Gasteiger partial charge is 0.496 e. The molecule has 1 heterocycles. The van der Waals surface area contributed by atoms with Crippen LogP contribution in [-0.2, 0) is 12.8 Å². The monoisotopic (exact) mass is 369 g/mol. The topological polar surface area (TPSA) is 48.6 Å². The lowest BCUT2D eigenvalue weighted by Crippen LogP contribution is -2.29. The fraction of sp³-hybridized carbons (Fsp3) is 0.250. The van der Waals surface area contributed by atoms with Crippen LogP contribution in [0.25, 0.3) is 10.8 Å². The number of fused-ring (bicyclic) bond motifs is 1. The maximum absolute atomic E-state index is 9.11. The number of methoxy groups -OCH3 is 1. The smallest absolute Gasteiger partial charge is 0.132 e. The van der Waals surface area contributed by atoms with E-state index in [9.17, 15) is 0 Å². The van der Waals surface area contributed by atoms with Gasteiger partial charge in [-0.05, 0) is 35.2 Å². The van der Waals surface area contributed by atoms with Gasteiger partial charge in [0.15, 0.2) is 0 Å². The Balaban J connectivity index is 1.66. The van der Waals surface area contributed by atoms with Gasteiger partial charge in [-0.3, -0.25) is 4.99 Å². The second-order valence-corrected chi connectivity index (χ2v) is 6.91. The number of rotatable bonds is 6. The second-order valence-electron chi connectivity index (χ2n) is 6.91. The van der Waals surface area contributed by atoms with Crippen molar-refractivity contribution >= 4 is 16.6 Å². The van der Waals surface area contributed by atoms with Crippen LogP contribution in [0, 0.1) is 11.3 Å².